The van der Waals surface area contributed by atoms with Crippen LogP contribution in [0.1, 0.15) is 48.0 Å². The first-order valence-electron chi connectivity index (χ1n) is 9.61. The van der Waals surface area contributed by atoms with Crippen molar-refractivity contribution in [3.63, 3.8) is 0 Å². The van der Waals surface area contributed by atoms with E-state index in [1.807, 2.05) is 41.5 Å². The van der Waals surface area contributed by atoms with Crippen molar-refractivity contribution in [1.29, 1.82) is 0 Å². The molecular weight excluding hydrogens is 446 g/mol. The van der Waals surface area contributed by atoms with E-state index in [-0.39, 0.29) is 0 Å². The Hall–Kier alpha value is 1.00. The van der Waals surface area contributed by atoms with Crippen molar-refractivity contribution in [1.82, 2.24) is 0 Å². The summed E-state index contributed by atoms with van der Waals surface area (Å²) in [6.45, 7) is 14.8. The summed E-state index contributed by atoms with van der Waals surface area (Å²) in [5, 5.41) is 0. The van der Waals surface area contributed by atoms with Gasteiger partial charge in [0.2, 0.25) is 0 Å². The standard InChI is InChI=1S/C20H38Cl4O4/c1-17(2,23)12-27-16-20(14-25-9-7-21,15-26-10-8-22)11-19(5,6)28-13-18(3,4)24/h7-16H2,1-6H3. The molecule has 4 nitrogen and oxygen atoms in total. The first-order valence-corrected chi connectivity index (χ1v) is 11.4. The normalized spacial score (nSPS) is 13.9. The van der Waals surface area contributed by atoms with Gasteiger partial charge in [-0.15, -0.1) is 46.4 Å². The molecule has 0 heterocycles. The number of alkyl halides is 4. The van der Waals surface area contributed by atoms with Crippen LogP contribution in [0.2, 0.25) is 0 Å². The summed E-state index contributed by atoms with van der Waals surface area (Å²) in [4.78, 5) is -0.891. The fourth-order valence-corrected chi connectivity index (χ4v) is 3.15. The predicted molar refractivity (Wildman–Crippen MR) is 121 cm³/mol. The van der Waals surface area contributed by atoms with Crippen LogP contribution in [-0.2, 0) is 18.9 Å². The average molecular weight is 484 g/mol. The van der Waals surface area contributed by atoms with E-state index >= 15 is 0 Å². The van der Waals surface area contributed by atoms with E-state index < -0.39 is 20.8 Å². The SMILES string of the molecule is CC(C)(Cl)COCC(COCCCl)(COCCCl)CC(C)(C)OCC(C)(C)Cl. The van der Waals surface area contributed by atoms with Crippen molar-refractivity contribution in [2.24, 2.45) is 5.41 Å². The van der Waals surface area contributed by atoms with Crippen molar-refractivity contribution >= 4 is 46.4 Å². The molecule has 0 N–H and O–H groups in total. The molecule has 0 aromatic carbocycles. The largest absolute Gasteiger partial charge is 0.379 e. The predicted octanol–water partition coefficient (Wildman–Crippen LogP) is 5.72. The van der Waals surface area contributed by atoms with Crippen molar-refractivity contribution in [2.45, 2.75) is 63.3 Å². The fraction of sp³-hybridized carbons (Fsp3) is 1.00. The molecule has 0 fully saturated rings. The lowest BCUT2D eigenvalue weighted by molar-refractivity contribution is -0.122. The summed E-state index contributed by atoms with van der Waals surface area (Å²) in [5.41, 5.74) is -0.888. The lowest BCUT2D eigenvalue weighted by Gasteiger charge is -2.40. The molecule has 0 atom stereocenters. The molecule has 0 radical (unpaired) electrons. The highest BCUT2D eigenvalue weighted by Crippen LogP contribution is 2.34. The quantitative estimate of drug-likeness (QED) is 0.196. The van der Waals surface area contributed by atoms with Crippen LogP contribution in [0.5, 0.6) is 0 Å². The number of hydrogen-bond acceptors (Lipinski definition) is 4. The zero-order chi connectivity index (χ0) is 21.9. The van der Waals surface area contributed by atoms with Gasteiger partial charge < -0.3 is 18.9 Å². The minimum atomic E-state index is -0.458. The Morgan fingerprint density at radius 2 is 1.04 bits per heavy atom. The van der Waals surface area contributed by atoms with Gasteiger partial charge in [-0.1, -0.05) is 0 Å². The summed E-state index contributed by atoms with van der Waals surface area (Å²) in [7, 11) is 0. The van der Waals surface area contributed by atoms with Gasteiger partial charge in [-0.25, -0.2) is 0 Å². The lowest BCUT2D eigenvalue weighted by atomic mass is 9.79. The maximum absolute atomic E-state index is 6.31. The Bertz CT molecular complexity index is 396. The van der Waals surface area contributed by atoms with Crippen LogP contribution < -0.4 is 0 Å². The molecule has 0 amide bonds. The van der Waals surface area contributed by atoms with Crippen LogP contribution >= 0.6 is 46.4 Å². The molecule has 0 unspecified atom stereocenters. The maximum atomic E-state index is 6.31. The highest BCUT2D eigenvalue weighted by Gasteiger charge is 2.39. The molecule has 0 bridgehead atoms. The third kappa shape index (κ3) is 15.8. The smallest absolute Gasteiger partial charge is 0.0660 e. The zero-order valence-electron chi connectivity index (χ0n) is 18.2. The number of hydrogen-bond donors (Lipinski definition) is 0. The molecule has 0 aromatic heterocycles. The molecule has 170 valence electrons. The van der Waals surface area contributed by atoms with E-state index in [9.17, 15) is 0 Å². The van der Waals surface area contributed by atoms with E-state index in [4.69, 9.17) is 65.4 Å². The van der Waals surface area contributed by atoms with E-state index in [2.05, 4.69) is 0 Å². The lowest BCUT2D eigenvalue weighted by Crippen LogP contribution is -2.46. The number of ether oxygens (including phenoxy) is 4. The Kier molecular flexibility index (Phi) is 13.9. The maximum Gasteiger partial charge on any atom is 0.0660 e. The van der Waals surface area contributed by atoms with Gasteiger partial charge in [0.1, 0.15) is 0 Å². The van der Waals surface area contributed by atoms with Crippen molar-refractivity contribution < 1.29 is 18.9 Å². The molecule has 0 aliphatic carbocycles. The van der Waals surface area contributed by atoms with Gasteiger partial charge in [0.25, 0.3) is 0 Å². The molecule has 0 aromatic rings. The Balaban J connectivity index is 5.32. The van der Waals surface area contributed by atoms with Crippen LogP contribution in [-0.4, -0.2) is 73.4 Å². The summed E-state index contributed by atoms with van der Waals surface area (Å²) in [6, 6.07) is 0. The molecule has 0 aliphatic rings. The highest BCUT2D eigenvalue weighted by atomic mass is 35.5. The van der Waals surface area contributed by atoms with E-state index in [0.717, 1.165) is 0 Å². The van der Waals surface area contributed by atoms with Gasteiger partial charge in [0.15, 0.2) is 0 Å². The third-order valence-corrected chi connectivity index (χ3v) is 4.25. The van der Waals surface area contributed by atoms with Crippen molar-refractivity contribution in [3.8, 4) is 0 Å². The van der Waals surface area contributed by atoms with Gasteiger partial charge in [0, 0.05) is 17.2 Å². The van der Waals surface area contributed by atoms with Crippen LogP contribution in [0.4, 0.5) is 0 Å². The second-order valence-corrected chi connectivity index (χ2v) is 11.9. The van der Waals surface area contributed by atoms with Gasteiger partial charge in [-0.05, 0) is 48.0 Å². The molecular formula is C20H38Cl4O4. The molecule has 0 saturated carbocycles. The van der Waals surface area contributed by atoms with E-state index in [0.29, 0.717) is 64.4 Å². The second-order valence-electron chi connectivity index (χ2n) is 9.14. The van der Waals surface area contributed by atoms with E-state index in [1.54, 1.807) is 0 Å². The summed E-state index contributed by atoms with van der Waals surface area (Å²) < 4.78 is 23.7. The Morgan fingerprint density at radius 3 is 1.43 bits per heavy atom. The minimum Gasteiger partial charge on any atom is -0.379 e. The Labute approximate surface area is 191 Å². The highest BCUT2D eigenvalue weighted by molar-refractivity contribution is 6.23. The van der Waals surface area contributed by atoms with Crippen LogP contribution in [0, 0.1) is 5.41 Å². The number of halogens is 4. The first kappa shape index (κ1) is 29.0. The fourth-order valence-electron chi connectivity index (χ4n) is 2.80. The molecule has 0 saturated heterocycles. The molecule has 0 rings (SSSR count). The number of rotatable bonds is 17. The van der Waals surface area contributed by atoms with Gasteiger partial charge in [-0.2, -0.15) is 0 Å². The average Bonchev–Trinajstić information content (AvgIpc) is 2.51. The second kappa shape index (κ2) is 13.4. The van der Waals surface area contributed by atoms with Gasteiger partial charge >= 0.3 is 0 Å². The van der Waals surface area contributed by atoms with Gasteiger partial charge in [-0.3, -0.25) is 0 Å². The summed E-state index contributed by atoms with van der Waals surface area (Å²) in [6.07, 6.45) is 0.653. The summed E-state index contributed by atoms with van der Waals surface area (Å²) >= 11 is 24.2. The van der Waals surface area contributed by atoms with E-state index in [1.165, 1.54) is 0 Å². The first-order chi connectivity index (χ1) is 12.7. The van der Waals surface area contributed by atoms with Crippen molar-refractivity contribution in [2.75, 3.05) is 58.0 Å². The topological polar surface area (TPSA) is 36.9 Å². The molecule has 8 heteroatoms. The van der Waals surface area contributed by atoms with Gasteiger partial charge in [0.05, 0.1) is 61.6 Å². The zero-order valence-corrected chi connectivity index (χ0v) is 21.2. The summed E-state index contributed by atoms with van der Waals surface area (Å²) in [5.74, 6) is 0.850. The molecule has 28 heavy (non-hydrogen) atoms. The molecule has 0 aliphatic heterocycles. The Morgan fingerprint density at radius 1 is 0.607 bits per heavy atom. The van der Waals surface area contributed by atoms with Crippen LogP contribution in [0.15, 0.2) is 0 Å². The minimum absolute atomic E-state index is 0.414. The van der Waals surface area contributed by atoms with Crippen LogP contribution in [0.3, 0.4) is 0 Å². The molecule has 0 spiro atoms. The third-order valence-electron chi connectivity index (χ3n) is 3.72. The van der Waals surface area contributed by atoms with Crippen LogP contribution in [0.25, 0.3) is 0 Å². The monoisotopic (exact) mass is 482 g/mol. The van der Waals surface area contributed by atoms with Crippen molar-refractivity contribution in [3.05, 3.63) is 0 Å².